The molecule has 0 atom stereocenters. The summed E-state index contributed by atoms with van der Waals surface area (Å²) in [7, 11) is 0. The molecule has 1 aromatic heterocycles. The molecule has 0 radical (unpaired) electrons. The lowest BCUT2D eigenvalue weighted by Crippen LogP contribution is -2.02. The van der Waals surface area contributed by atoms with Gasteiger partial charge >= 0.3 is 0 Å². The molecule has 0 aliphatic rings. The standard InChI is InChI=1S/C8H11N.C6F4I2/c1-6-4-7(2)9-8(3)5-6;7-1-2(8)5(11)4(10)6(12)3(1)9/h4-5H,1-3H3;. The highest BCUT2D eigenvalue weighted by Gasteiger charge is 2.21. The Hall–Kier alpha value is -0.450. The van der Waals surface area contributed by atoms with Gasteiger partial charge in [-0.05, 0) is 83.6 Å². The van der Waals surface area contributed by atoms with E-state index in [1.807, 2.05) is 13.8 Å². The van der Waals surface area contributed by atoms with Crippen molar-refractivity contribution in [3.8, 4) is 0 Å². The van der Waals surface area contributed by atoms with Gasteiger partial charge < -0.3 is 0 Å². The summed E-state index contributed by atoms with van der Waals surface area (Å²) < 4.78 is 49.3. The maximum atomic E-state index is 12.8. The van der Waals surface area contributed by atoms with Gasteiger partial charge in [-0.3, -0.25) is 4.98 Å². The maximum Gasteiger partial charge on any atom is 0.196 e. The highest BCUT2D eigenvalue weighted by molar-refractivity contribution is 14.1. The predicted molar refractivity (Wildman–Crippen MR) is 90.2 cm³/mol. The minimum atomic E-state index is -1.63. The molecule has 0 aliphatic heterocycles. The van der Waals surface area contributed by atoms with Crippen LogP contribution >= 0.6 is 45.2 Å². The van der Waals surface area contributed by atoms with Crippen LogP contribution < -0.4 is 0 Å². The normalized spacial score (nSPS) is 10.1. The minimum absolute atomic E-state index is 0.532. The van der Waals surface area contributed by atoms with E-state index in [0.29, 0.717) is 0 Å². The van der Waals surface area contributed by atoms with Gasteiger partial charge in [-0.25, -0.2) is 17.6 Å². The molecule has 114 valence electrons. The van der Waals surface area contributed by atoms with Gasteiger partial charge in [0.1, 0.15) is 0 Å². The molecule has 0 fully saturated rings. The summed E-state index contributed by atoms with van der Waals surface area (Å²) in [5.41, 5.74) is 3.50. The van der Waals surface area contributed by atoms with E-state index in [1.165, 1.54) is 50.7 Å². The average molecular weight is 523 g/mol. The zero-order valence-corrected chi connectivity index (χ0v) is 15.7. The Labute approximate surface area is 147 Å². The third-order valence-electron chi connectivity index (χ3n) is 2.38. The van der Waals surface area contributed by atoms with Gasteiger partial charge in [0.25, 0.3) is 0 Å². The summed E-state index contributed by atoms with van der Waals surface area (Å²) in [6.07, 6.45) is 0. The summed E-state index contributed by atoms with van der Waals surface area (Å²) in [6, 6.07) is 4.15. The Morgan fingerprint density at radius 2 is 1.10 bits per heavy atom. The van der Waals surface area contributed by atoms with Crippen molar-refractivity contribution in [3.05, 3.63) is 59.5 Å². The lowest BCUT2D eigenvalue weighted by atomic mass is 10.2. The molecule has 2 rings (SSSR count). The van der Waals surface area contributed by atoms with Crippen molar-refractivity contribution in [3.63, 3.8) is 0 Å². The highest BCUT2D eigenvalue weighted by atomic mass is 127. The van der Waals surface area contributed by atoms with Crippen molar-refractivity contribution < 1.29 is 17.6 Å². The van der Waals surface area contributed by atoms with Crippen molar-refractivity contribution in [1.82, 2.24) is 4.98 Å². The second-order valence-electron chi connectivity index (χ2n) is 4.31. The molecule has 1 nitrogen and oxygen atoms in total. The van der Waals surface area contributed by atoms with Crippen LogP contribution in [-0.4, -0.2) is 4.98 Å². The molecule has 0 aliphatic carbocycles. The molecule has 0 saturated heterocycles. The molecule has 1 aromatic carbocycles. The molecule has 0 spiro atoms. The van der Waals surface area contributed by atoms with Crippen LogP contribution in [0.1, 0.15) is 17.0 Å². The monoisotopic (exact) mass is 523 g/mol. The number of pyridine rings is 1. The molecule has 0 unspecified atom stereocenters. The first-order valence-electron chi connectivity index (χ1n) is 5.74. The fraction of sp³-hybridized carbons (Fsp3) is 0.214. The van der Waals surface area contributed by atoms with Gasteiger partial charge in [0.2, 0.25) is 0 Å². The van der Waals surface area contributed by atoms with E-state index in [4.69, 9.17) is 0 Å². The van der Waals surface area contributed by atoms with Gasteiger partial charge in [0.15, 0.2) is 23.3 Å². The topological polar surface area (TPSA) is 12.9 Å². The Morgan fingerprint density at radius 3 is 1.43 bits per heavy atom. The Balaban J connectivity index is 0.000000219. The van der Waals surface area contributed by atoms with E-state index in [0.717, 1.165) is 11.4 Å². The Bertz CT molecular complexity index is 519. The number of rotatable bonds is 0. The van der Waals surface area contributed by atoms with E-state index >= 15 is 0 Å². The lowest BCUT2D eigenvalue weighted by Gasteiger charge is -2.02. The molecule has 21 heavy (non-hydrogen) atoms. The van der Waals surface area contributed by atoms with Crippen LogP contribution in [0.3, 0.4) is 0 Å². The minimum Gasteiger partial charge on any atom is -0.258 e. The SMILES string of the molecule is Cc1cc(C)nc(C)c1.Fc1c(F)c(I)c(F)c(I)c1F. The summed E-state index contributed by atoms with van der Waals surface area (Å²) in [4.78, 5) is 4.23. The summed E-state index contributed by atoms with van der Waals surface area (Å²) in [5.74, 6) is -5.66. The number of benzene rings is 1. The van der Waals surface area contributed by atoms with Crippen LogP contribution in [-0.2, 0) is 0 Å². The van der Waals surface area contributed by atoms with Crippen molar-refractivity contribution >= 4 is 45.2 Å². The van der Waals surface area contributed by atoms with Crippen molar-refractivity contribution in [2.24, 2.45) is 0 Å². The van der Waals surface area contributed by atoms with Gasteiger partial charge in [0, 0.05) is 11.4 Å². The average Bonchev–Trinajstić information content (AvgIpc) is 2.40. The van der Waals surface area contributed by atoms with Gasteiger partial charge in [-0.2, -0.15) is 0 Å². The number of halogens is 6. The molecule has 0 N–H and O–H groups in total. The largest absolute Gasteiger partial charge is 0.258 e. The third-order valence-corrected chi connectivity index (χ3v) is 4.28. The molecular formula is C14H11F4I2N. The summed E-state index contributed by atoms with van der Waals surface area (Å²) in [6.45, 7) is 6.11. The molecule has 0 amide bonds. The van der Waals surface area contributed by atoms with E-state index in [2.05, 4.69) is 24.0 Å². The first-order valence-corrected chi connectivity index (χ1v) is 7.89. The molecule has 0 bridgehead atoms. The van der Waals surface area contributed by atoms with Crippen LogP contribution in [0.25, 0.3) is 0 Å². The van der Waals surface area contributed by atoms with E-state index < -0.39 is 30.4 Å². The summed E-state index contributed by atoms with van der Waals surface area (Å²) >= 11 is 2.55. The molecule has 1 heterocycles. The Morgan fingerprint density at radius 1 is 0.714 bits per heavy atom. The van der Waals surface area contributed by atoms with E-state index in [9.17, 15) is 17.6 Å². The number of hydrogen-bond acceptors (Lipinski definition) is 1. The van der Waals surface area contributed by atoms with Gasteiger partial charge in [-0.15, -0.1) is 0 Å². The lowest BCUT2D eigenvalue weighted by molar-refractivity contribution is 0.423. The molecular weight excluding hydrogens is 512 g/mol. The number of nitrogens with zero attached hydrogens (tertiary/aromatic N) is 1. The number of aryl methyl sites for hydroxylation is 3. The zero-order valence-electron chi connectivity index (χ0n) is 11.4. The molecule has 0 saturated carbocycles. The van der Waals surface area contributed by atoms with Crippen LogP contribution in [0.4, 0.5) is 17.6 Å². The van der Waals surface area contributed by atoms with Crippen LogP contribution in [0.2, 0.25) is 0 Å². The first-order chi connectivity index (χ1) is 9.65. The van der Waals surface area contributed by atoms with Crippen molar-refractivity contribution in [1.29, 1.82) is 0 Å². The number of hydrogen-bond donors (Lipinski definition) is 0. The van der Waals surface area contributed by atoms with Crippen LogP contribution in [0.5, 0.6) is 0 Å². The van der Waals surface area contributed by atoms with Crippen molar-refractivity contribution in [2.45, 2.75) is 20.8 Å². The highest BCUT2D eigenvalue weighted by Crippen LogP contribution is 2.26. The van der Waals surface area contributed by atoms with Gasteiger partial charge in [0.05, 0.1) is 7.14 Å². The smallest absolute Gasteiger partial charge is 0.196 e. The molecule has 7 heteroatoms. The first kappa shape index (κ1) is 18.6. The van der Waals surface area contributed by atoms with Gasteiger partial charge in [-0.1, -0.05) is 0 Å². The zero-order chi connectivity index (χ0) is 16.3. The van der Waals surface area contributed by atoms with E-state index in [-0.39, 0.29) is 0 Å². The second kappa shape index (κ2) is 7.70. The molecule has 2 aromatic rings. The van der Waals surface area contributed by atoms with E-state index in [1.54, 1.807) is 0 Å². The van der Waals surface area contributed by atoms with Crippen LogP contribution in [0.15, 0.2) is 12.1 Å². The Kier molecular flexibility index (Phi) is 6.82. The van der Waals surface area contributed by atoms with Crippen LogP contribution in [0, 0.1) is 51.2 Å². The fourth-order valence-electron chi connectivity index (χ4n) is 1.62. The second-order valence-corrected chi connectivity index (χ2v) is 6.47. The van der Waals surface area contributed by atoms with Crippen molar-refractivity contribution in [2.75, 3.05) is 0 Å². The fourth-order valence-corrected chi connectivity index (χ4v) is 3.15. The summed E-state index contributed by atoms with van der Waals surface area (Å²) in [5, 5.41) is 0. The maximum absolute atomic E-state index is 12.8. The third kappa shape index (κ3) is 4.76. The predicted octanol–water partition coefficient (Wildman–Crippen LogP) is 5.46. The quantitative estimate of drug-likeness (QED) is 0.194. The number of aromatic nitrogens is 1.